The van der Waals surface area contributed by atoms with Crippen LogP contribution in [0.2, 0.25) is 0 Å². The molecule has 0 spiro atoms. The molecule has 0 aromatic rings. The van der Waals surface area contributed by atoms with E-state index in [1.807, 2.05) is 25.7 Å². The van der Waals surface area contributed by atoms with Crippen LogP contribution in [-0.4, -0.2) is 41.8 Å². The second kappa shape index (κ2) is 6.33. The first-order valence-corrected chi connectivity index (χ1v) is 8.13. The minimum Gasteiger partial charge on any atom is -0.444 e. The number of ether oxygens (including phenoxy) is 1. The number of nitrogens with one attached hydrogen (secondary N) is 1. The van der Waals surface area contributed by atoms with Gasteiger partial charge in [0.1, 0.15) is 5.60 Å². The van der Waals surface area contributed by atoms with E-state index in [4.69, 9.17) is 4.74 Å². The van der Waals surface area contributed by atoms with Gasteiger partial charge < -0.3 is 15.0 Å². The van der Waals surface area contributed by atoms with Crippen molar-refractivity contribution in [3.63, 3.8) is 0 Å². The monoisotopic (exact) mass is 282 g/mol. The van der Waals surface area contributed by atoms with Crippen LogP contribution in [0.3, 0.4) is 0 Å². The van der Waals surface area contributed by atoms with E-state index in [-0.39, 0.29) is 6.09 Å². The van der Waals surface area contributed by atoms with Gasteiger partial charge in [-0.1, -0.05) is 19.8 Å². The van der Waals surface area contributed by atoms with Crippen LogP contribution in [0.25, 0.3) is 0 Å². The Morgan fingerprint density at radius 2 is 2.05 bits per heavy atom. The third kappa shape index (κ3) is 4.11. The molecule has 4 nitrogen and oxygen atoms in total. The molecule has 1 N–H and O–H groups in total. The van der Waals surface area contributed by atoms with Crippen LogP contribution in [0.4, 0.5) is 4.79 Å². The fourth-order valence-electron chi connectivity index (χ4n) is 3.44. The molecule has 0 radical (unpaired) electrons. The topological polar surface area (TPSA) is 41.6 Å². The minimum absolute atomic E-state index is 0.166. The van der Waals surface area contributed by atoms with E-state index >= 15 is 0 Å². The van der Waals surface area contributed by atoms with E-state index in [9.17, 15) is 4.79 Å². The summed E-state index contributed by atoms with van der Waals surface area (Å²) in [4.78, 5) is 13.9. The molecule has 0 aromatic heterocycles. The quantitative estimate of drug-likeness (QED) is 0.864. The van der Waals surface area contributed by atoms with Crippen molar-refractivity contribution in [2.24, 2.45) is 5.92 Å². The lowest BCUT2D eigenvalue weighted by atomic mass is 10.00. The van der Waals surface area contributed by atoms with Gasteiger partial charge in [-0.05, 0) is 46.0 Å². The van der Waals surface area contributed by atoms with Crippen LogP contribution in [0.15, 0.2) is 0 Å². The maximum atomic E-state index is 12.0. The highest BCUT2D eigenvalue weighted by molar-refractivity contribution is 5.68. The van der Waals surface area contributed by atoms with E-state index in [2.05, 4.69) is 12.2 Å². The normalized spacial score (nSPS) is 30.8. The summed E-state index contributed by atoms with van der Waals surface area (Å²) in [7, 11) is 0. The molecule has 116 valence electrons. The van der Waals surface area contributed by atoms with E-state index in [0.717, 1.165) is 25.4 Å². The Kier molecular flexibility index (Phi) is 4.95. The van der Waals surface area contributed by atoms with Gasteiger partial charge in [0, 0.05) is 25.2 Å². The van der Waals surface area contributed by atoms with Gasteiger partial charge in [-0.2, -0.15) is 0 Å². The molecule has 1 saturated carbocycles. The number of carbonyl (C=O) groups is 1. The summed E-state index contributed by atoms with van der Waals surface area (Å²) >= 11 is 0. The lowest BCUT2D eigenvalue weighted by molar-refractivity contribution is 0.0290. The second-order valence-corrected chi connectivity index (χ2v) is 7.28. The van der Waals surface area contributed by atoms with Gasteiger partial charge in [0.05, 0.1) is 0 Å². The maximum absolute atomic E-state index is 12.0. The van der Waals surface area contributed by atoms with Gasteiger partial charge in [0.15, 0.2) is 0 Å². The van der Waals surface area contributed by atoms with Crippen molar-refractivity contribution in [2.45, 2.75) is 77.5 Å². The van der Waals surface area contributed by atoms with Gasteiger partial charge in [-0.25, -0.2) is 4.79 Å². The Balaban J connectivity index is 1.79. The summed E-state index contributed by atoms with van der Waals surface area (Å²) in [6.45, 7) is 9.65. The fraction of sp³-hybridized carbons (Fsp3) is 0.938. The molecule has 0 bridgehead atoms. The molecule has 1 saturated heterocycles. The van der Waals surface area contributed by atoms with Gasteiger partial charge in [-0.15, -0.1) is 0 Å². The third-order valence-electron chi connectivity index (χ3n) is 4.47. The molecule has 2 rings (SSSR count). The van der Waals surface area contributed by atoms with Crippen LogP contribution in [-0.2, 0) is 4.74 Å². The van der Waals surface area contributed by atoms with Crippen molar-refractivity contribution >= 4 is 6.09 Å². The van der Waals surface area contributed by atoms with Crippen LogP contribution in [0.1, 0.15) is 59.8 Å². The van der Waals surface area contributed by atoms with E-state index in [1.54, 1.807) is 0 Å². The molecular formula is C16H30N2O2. The van der Waals surface area contributed by atoms with Gasteiger partial charge in [-0.3, -0.25) is 0 Å². The molecular weight excluding hydrogens is 252 g/mol. The number of hydrogen-bond acceptors (Lipinski definition) is 3. The van der Waals surface area contributed by atoms with E-state index < -0.39 is 5.60 Å². The summed E-state index contributed by atoms with van der Waals surface area (Å²) in [5.74, 6) is 0.825. The largest absolute Gasteiger partial charge is 0.444 e. The lowest BCUT2D eigenvalue weighted by Crippen LogP contribution is -2.43. The number of hydrogen-bond donors (Lipinski definition) is 1. The first kappa shape index (κ1) is 15.6. The molecule has 1 aliphatic carbocycles. The van der Waals surface area contributed by atoms with E-state index in [1.165, 1.54) is 25.7 Å². The SMILES string of the molecule is CCC1CCCC1NC1CCN(C(=O)OC(C)(C)C)C1. The number of carbonyl (C=O) groups excluding carboxylic acids is 1. The molecule has 1 aliphatic heterocycles. The van der Waals surface area contributed by atoms with Crippen LogP contribution in [0.5, 0.6) is 0 Å². The van der Waals surface area contributed by atoms with Crippen molar-refractivity contribution < 1.29 is 9.53 Å². The lowest BCUT2D eigenvalue weighted by Gasteiger charge is -2.26. The van der Waals surface area contributed by atoms with Gasteiger partial charge in [0.25, 0.3) is 0 Å². The molecule has 0 aromatic carbocycles. The van der Waals surface area contributed by atoms with Crippen molar-refractivity contribution in [1.29, 1.82) is 0 Å². The Hall–Kier alpha value is -0.770. The summed E-state index contributed by atoms with van der Waals surface area (Å²) in [5, 5.41) is 3.78. The number of amides is 1. The Labute approximate surface area is 123 Å². The maximum Gasteiger partial charge on any atom is 0.410 e. The van der Waals surface area contributed by atoms with Crippen molar-refractivity contribution in [2.75, 3.05) is 13.1 Å². The molecule has 2 fully saturated rings. The average Bonchev–Trinajstić information content (AvgIpc) is 2.96. The fourth-order valence-corrected chi connectivity index (χ4v) is 3.44. The molecule has 20 heavy (non-hydrogen) atoms. The van der Waals surface area contributed by atoms with Crippen LogP contribution >= 0.6 is 0 Å². The van der Waals surface area contributed by atoms with Gasteiger partial charge in [0.2, 0.25) is 0 Å². The zero-order valence-corrected chi connectivity index (χ0v) is 13.4. The van der Waals surface area contributed by atoms with Crippen molar-refractivity contribution in [1.82, 2.24) is 10.2 Å². The van der Waals surface area contributed by atoms with Crippen molar-refractivity contribution in [3.8, 4) is 0 Å². The summed E-state index contributed by atoms with van der Waals surface area (Å²) < 4.78 is 5.44. The number of likely N-dealkylation sites (tertiary alicyclic amines) is 1. The first-order valence-electron chi connectivity index (χ1n) is 8.13. The Morgan fingerprint density at radius 3 is 2.70 bits per heavy atom. The highest BCUT2D eigenvalue weighted by Gasteiger charge is 2.33. The summed E-state index contributed by atoms with van der Waals surface area (Å²) in [6, 6.07) is 1.10. The number of rotatable bonds is 3. The minimum atomic E-state index is -0.401. The molecule has 2 aliphatic rings. The average molecular weight is 282 g/mol. The second-order valence-electron chi connectivity index (χ2n) is 7.28. The third-order valence-corrected chi connectivity index (χ3v) is 4.47. The Bertz CT molecular complexity index is 338. The highest BCUT2D eigenvalue weighted by atomic mass is 16.6. The van der Waals surface area contributed by atoms with Crippen LogP contribution in [0, 0.1) is 5.92 Å². The Morgan fingerprint density at radius 1 is 1.30 bits per heavy atom. The first-order chi connectivity index (χ1) is 9.39. The zero-order valence-electron chi connectivity index (χ0n) is 13.4. The van der Waals surface area contributed by atoms with Crippen LogP contribution < -0.4 is 5.32 Å². The van der Waals surface area contributed by atoms with Crippen molar-refractivity contribution in [3.05, 3.63) is 0 Å². The highest BCUT2D eigenvalue weighted by Crippen LogP contribution is 2.29. The standard InChI is InChI=1S/C16H30N2O2/c1-5-12-7-6-8-14(12)17-13-9-10-18(11-13)15(19)20-16(2,3)4/h12-14,17H,5-11H2,1-4H3. The summed E-state index contributed by atoms with van der Waals surface area (Å²) in [6.07, 6.45) is 6.14. The predicted molar refractivity (Wildman–Crippen MR) is 80.8 cm³/mol. The number of nitrogens with zero attached hydrogens (tertiary/aromatic N) is 1. The molecule has 4 heteroatoms. The predicted octanol–water partition coefficient (Wildman–Crippen LogP) is 3.16. The zero-order chi connectivity index (χ0) is 14.8. The molecule has 1 heterocycles. The molecule has 3 unspecified atom stereocenters. The summed E-state index contributed by atoms with van der Waals surface area (Å²) in [5.41, 5.74) is -0.401. The molecule has 3 atom stereocenters. The van der Waals surface area contributed by atoms with Gasteiger partial charge >= 0.3 is 6.09 Å². The van der Waals surface area contributed by atoms with E-state index in [0.29, 0.717) is 12.1 Å². The molecule has 1 amide bonds. The smallest absolute Gasteiger partial charge is 0.410 e.